The molecule has 0 saturated heterocycles. The summed E-state index contributed by atoms with van der Waals surface area (Å²) in [6, 6.07) is 6.85. The number of halogens is 2. The summed E-state index contributed by atoms with van der Waals surface area (Å²) < 4.78 is 27.7. The Morgan fingerprint density at radius 1 is 1.18 bits per heavy atom. The maximum absolute atomic E-state index is 13.8. The van der Waals surface area contributed by atoms with Crippen molar-refractivity contribution < 1.29 is 8.78 Å². The van der Waals surface area contributed by atoms with E-state index in [4.69, 9.17) is 5.73 Å². The normalized spacial score (nSPS) is 22.5. The molecule has 0 amide bonds. The Morgan fingerprint density at radius 2 is 1.76 bits per heavy atom. The lowest BCUT2D eigenvalue weighted by atomic mass is 9.93. The summed E-state index contributed by atoms with van der Waals surface area (Å²) in [5.74, 6) is -3.07. The fraction of sp³-hybridized carbons (Fsp3) is 0.571. The molecular formula is C14H17F2N. The second kappa shape index (κ2) is 3.52. The second-order valence-corrected chi connectivity index (χ2v) is 5.46. The molecule has 0 unspecified atom stereocenters. The van der Waals surface area contributed by atoms with Crippen LogP contribution in [0.25, 0.3) is 0 Å². The molecule has 0 spiro atoms. The minimum atomic E-state index is -2.64. The van der Waals surface area contributed by atoms with E-state index in [1.807, 2.05) is 12.1 Å². The van der Waals surface area contributed by atoms with Crippen LogP contribution in [0, 0.1) is 5.92 Å². The monoisotopic (exact) mass is 237 g/mol. The molecule has 1 aromatic carbocycles. The molecule has 1 nitrogen and oxygen atoms in total. The number of hydrogen-bond acceptors (Lipinski definition) is 1. The van der Waals surface area contributed by atoms with Crippen LogP contribution in [0.4, 0.5) is 8.78 Å². The lowest BCUT2D eigenvalue weighted by Gasteiger charge is -2.18. The molecule has 2 aliphatic rings. The predicted molar refractivity (Wildman–Crippen MR) is 63.0 cm³/mol. The van der Waals surface area contributed by atoms with E-state index in [1.54, 1.807) is 12.1 Å². The van der Waals surface area contributed by atoms with Gasteiger partial charge in [-0.25, -0.2) is 8.78 Å². The molecule has 2 N–H and O–H groups in total. The average Bonchev–Trinajstić information content (AvgIpc) is 3.20. The first-order chi connectivity index (χ1) is 8.08. The third-order valence-electron chi connectivity index (χ3n) is 4.22. The Balaban J connectivity index is 1.85. The van der Waals surface area contributed by atoms with Crippen LogP contribution in [0.3, 0.4) is 0 Å². The number of nitrogens with two attached hydrogens (primary N) is 1. The van der Waals surface area contributed by atoms with E-state index in [0.29, 0.717) is 19.4 Å². The van der Waals surface area contributed by atoms with Crippen molar-refractivity contribution in [2.75, 3.05) is 6.54 Å². The molecule has 3 heteroatoms. The third kappa shape index (κ3) is 1.77. The Kier molecular flexibility index (Phi) is 2.31. The summed E-state index contributed by atoms with van der Waals surface area (Å²) in [7, 11) is 0. The average molecular weight is 237 g/mol. The van der Waals surface area contributed by atoms with Crippen molar-refractivity contribution in [1.82, 2.24) is 0 Å². The number of rotatable bonds is 4. The number of alkyl halides is 2. The highest BCUT2D eigenvalue weighted by Crippen LogP contribution is 2.51. The van der Waals surface area contributed by atoms with Gasteiger partial charge in [-0.1, -0.05) is 24.3 Å². The zero-order valence-electron chi connectivity index (χ0n) is 9.76. The standard InChI is InChI=1S/C14H17F2N/c15-14(16,12-5-6-12)11-3-1-10(2-4-11)13(9-17)7-8-13/h1-4,12H,5-9,17H2. The van der Waals surface area contributed by atoms with Crippen molar-refractivity contribution in [3.63, 3.8) is 0 Å². The van der Waals surface area contributed by atoms with E-state index in [-0.39, 0.29) is 11.0 Å². The summed E-state index contributed by atoms with van der Waals surface area (Å²) >= 11 is 0. The van der Waals surface area contributed by atoms with E-state index in [1.165, 1.54) is 0 Å². The highest BCUT2D eigenvalue weighted by atomic mass is 19.3. The van der Waals surface area contributed by atoms with Gasteiger partial charge in [-0.3, -0.25) is 0 Å². The second-order valence-electron chi connectivity index (χ2n) is 5.46. The van der Waals surface area contributed by atoms with Gasteiger partial charge in [0.15, 0.2) is 0 Å². The first-order valence-corrected chi connectivity index (χ1v) is 6.27. The van der Waals surface area contributed by atoms with Crippen LogP contribution >= 0.6 is 0 Å². The SMILES string of the molecule is NCC1(c2ccc(C(F)(F)C3CC3)cc2)CC1. The van der Waals surface area contributed by atoms with Crippen molar-refractivity contribution in [1.29, 1.82) is 0 Å². The molecule has 2 fully saturated rings. The molecule has 0 radical (unpaired) electrons. The summed E-state index contributed by atoms with van der Waals surface area (Å²) in [6.07, 6.45) is 3.48. The smallest absolute Gasteiger partial charge is 0.276 e. The molecule has 92 valence electrons. The highest BCUT2D eigenvalue weighted by Gasteiger charge is 2.48. The summed E-state index contributed by atoms with van der Waals surface area (Å²) in [6.45, 7) is 0.616. The molecule has 0 aromatic heterocycles. The third-order valence-corrected chi connectivity index (χ3v) is 4.22. The first-order valence-electron chi connectivity index (χ1n) is 6.27. The summed E-state index contributed by atoms with van der Waals surface area (Å²) in [5, 5.41) is 0. The Hall–Kier alpha value is -0.960. The van der Waals surface area contributed by atoms with Gasteiger partial charge in [-0.15, -0.1) is 0 Å². The van der Waals surface area contributed by atoms with Gasteiger partial charge in [0, 0.05) is 23.4 Å². The maximum Gasteiger partial charge on any atom is 0.276 e. The molecular weight excluding hydrogens is 220 g/mol. The number of hydrogen-bond donors (Lipinski definition) is 1. The van der Waals surface area contributed by atoms with Crippen molar-refractivity contribution in [3.8, 4) is 0 Å². The van der Waals surface area contributed by atoms with Crippen LogP contribution in [0.2, 0.25) is 0 Å². The molecule has 3 rings (SSSR count). The van der Waals surface area contributed by atoms with Crippen molar-refractivity contribution in [3.05, 3.63) is 35.4 Å². The Bertz CT molecular complexity index is 416. The Labute approximate surface area is 100 Å². The van der Waals surface area contributed by atoms with Crippen LogP contribution in [0.15, 0.2) is 24.3 Å². The van der Waals surface area contributed by atoms with Crippen molar-refractivity contribution >= 4 is 0 Å². The molecule has 2 aliphatic carbocycles. The Morgan fingerprint density at radius 3 is 2.18 bits per heavy atom. The van der Waals surface area contributed by atoms with Gasteiger partial charge >= 0.3 is 0 Å². The topological polar surface area (TPSA) is 26.0 Å². The van der Waals surface area contributed by atoms with Gasteiger partial charge in [-0.05, 0) is 31.2 Å². The molecule has 1 aromatic rings. The molecule has 0 atom stereocenters. The first kappa shape index (κ1) is 11.1. The lowest BCUT2D eigenvalue weighted by Crippen LogP contribution is -2.20. The summed E-state index contributed by atoms with van der Waals surface area (Å²) in [5.41, 5.74) is 7.11. The fourth-order valence-corrected chi connectivity index (χ4v) is 2.49. The minimum Gasteiger partial charge on any atom is -0.330 e. The zero-order valence-corrected chi connectivity index (χ0v) is 9.76. The van der Waals surface area contributed by atoms with E-state index in [2.05, 4.69) is 0 Å². The predicted octanol–water partition coefficient (Wildman–Crippen LogP) is 3.18. The van der Waals surface area contributed by atoms with E-state index in [0.717, 1.165) is 18.4 Å². The van der Waals surface area contributed by atoms with Gasteiger partial charge in [0.1, 0.15) is 0 Å². The van der Waals surface area contributed by atoms with Gasteiger partial charge in [0.05, 0.1) is 0 Å². The molecule has 0 bridgehead atoms. The lowest BCUT2D eigenvalue weighted by molar-refractivity contribution is -0.0285. The highest BCUT2D eigenvalue weighted by molar-refractivity contribution is 5.36. The van der Waals surface area contributed by atoms with Gasteiger partial charge < -0.3 is 5.73 Å². The maximum atomic E-state index is 13.8. The van der Waals surface area contributed by atoms with Crippen molar-refractivity contribution in [2.45, 2.75) is 37.0 Å². The van der Waals surface area contributed by atoms with Gasteiger partial charge in [0.25, 0.3) is 5.92 Å². The van der Waals surface area contributed by atoms with Crippen LogP contribution < -0.4 is 5.73 Å². The summed E-state index contributed by atoms with van der Waals surface area (Å²) in [4.78, 5) is 0. The van der Waals surface area contributed by atoms with Gasteiger partial charge in [-0.2, -0.15) is 0 Å². The van der Waals surface area contributed by atoms with Gasteiger partial charge in [0.2, 0.25) is 0 Å². The molecule has 17 heavy (non-hydrogen) atoms. The fourth-order valence-electron chi connectivity index (χ4n) is 2.49. The minimum absolute atomic E-state index is 0.0907. The van der Waals surface area contributed by atoms with E-state index >= 15 is 0 Å². The van der Waals surface area contributed by atoms with E-state index < -0.39 is 11.8 Å². The molecule has 2 saturated carbocycles. The largest absolute Gasteiger partial charge is 0.330 e. The van der Waals surface area contributed by atoms with E-state index in [9.17, 15) is 8.78 Å². The van der Waals surface area contributed by atoms with Crippen molar-refractivity contribution in [2.24, 2.45) is 11.7 Å². The zero-order chi connectivity index (χ0) is 12.1. The quantitative estimate of drug-likeness (QED) is 0.855. The number of benzene rings is 1. The van der Waals surface area contributed by atoms with Crippen LogP contribution in [-0.2, 0) is 11.3 Å². The van der Waals surface area contributed by atoms with Crippen LogP contribution in [0.1, 0.15) is 36.8 Å². The van der Waals surface area contributed by atoms with Crippen LogP contribution in [0.5, 0.6) is 0 Å². The molecule has 0 heterocycles. The van der Waals surface area contributed by atoms with Crippen LogP contribution in [-0.4, -0.2) is 6.54 Å². The molecule has 0 aliphatic heterocycles.